The van der Waals surface area contributed by atoms with E-state index < -0.39 is 15.7 Å². The molecule has 0 fully saturated rings. The third-order valence-corrected chi connectivity index (χ3v) is 3.84. The Kier molecular flexibility index (Phi) is 4.24. The van der Waals surface area contributed by atoms with Crippen molar-refractivity contribution in [3.63, 3.8) is 0 Å². The smallest absolute Gasteiger partial charge is 0.175 e. The Hall–Kier alpha value is -2.39. The van der Waals surface area contributed by atoms with Gasteiger partial charge in [-0.1, -0.05) is 6.07 Å². The highest BCUT2D eigenvalue weighted by atomic mass is 32.2. The van der Waals surface area contributed by atoms with Crippen molar-refractivity contribution >= 4 is 9.84 Å². The lowest BCUT2D eigenvalue weighted by Gasteiger charge is -2.08. The third-order valence-electron chi connectivity index (χ3n) is 2.73. The van der Waals surface area contributed by atoms with Gasteiger partial charge in [-0.2, -0.15) is 5.26 Å². The van der Waals surface area contributed by atoms with Crippen molar-refractivity contribution in [1.82, 2.24) is 0 Å². The molecule has 21 heavy (non-hydrogen) atoms. The van der Waals surface area contributed by atoms with Gasteiger partial charge in [0, 0.05) is 6.26 Å². The summed E-state index contributed by atoms with van der Waals surface area (Å²) in [7, 11) is -3.31. The lowest BCUT2D eigenvalue weighted by molar-refractivity contribution is 0.304. The van der Waals surface area contributed by atoms with Gasteiger partial charge >= 0.3 is 0 Å². The Morgan fingerprint density at radius 2 is 2.00 bits per heavy atom. The minimum Gasteiger partial charge on any atom is -0.489 e. The fraction of sp³-hybridized carbons (Fsp3) is 0.133. The summed E-state index contributed by atoms with van der Waals surface area (Å²) in [5.74, 6) is -0.154. The third kappa shape index (κ3) is 4.04. The van der Waals surface area contributed by atoms with Crippen LogP contribution in [0.25, 0.3) is 0 Å². The molecule has 0 saturated heterocycles. The Bertz CT molecular complexity index is 810. The number of sulfone groups is 1. The first-order chi connectivity index (χ1) is 9.88. The second-order valence-corrected chi connectivity index (χ2v) is 6.51. The fourth-order valence-corrected chi connectivity index (χ4v) is 2.42. The summed E-state index contributed by atoms with van der Waals surface area (Å²) in [6.45, 7) is 0.0413. The summed E-state index contributed by atoms with van der Waals surface area (Å²) in [4.78, 5) is 0.150. The number of benzene rings is 2. The van der Waals surface area contributed by atoms with Gasteiger partial charge in [0.15, 0.2) is 9.84 Å². The average Bonchev–Trinajstić information content (AvgIpc) is 2.44. The number of hydrogen-bond acceptors (Lipinski definition) is 4. The first-order valence-corrected chi connectivity index (χ1v) is 7.90. The highest BCUT2D eigenvalue weighted by Crippen LogP contribution is 2.19. The predicted molar refractivity (Wildman–Crippen MR) is 75.0 cm³/mol. The molecule has 0 unspecified atom stereocenters. The molecule has 0 spiro atoms. The number of hydrogen-bond donors (Lipinski definition) is 0. The molecule has 0 atom stereocenters. The van der Waals surface area contributed by atoms with Crippen LogP contribution in [0.5, 0.6) is 5.75 Å². The van der Waals surface area contributed by atoms with Crippen LogP contribution in [0.15, 0.2) is 47.4 Å². The minimum absolute atomic E-state index is 0.0413. The maximum absolute atomic E-state index is 13.3. The van der Waals surface area contributed by atoms with E-state index in [1.54, 1.807) is 12.1 Å². The molecule has 0 amide bonds. The first-order valence-electron chi connectivity index (χ1n) is 6.01. The van der Waals surface area contributed by atoms with Gasteiger partial charge in [0.05, 0.1) is 16.5 Å². The van der Waals surface area contributed by atoms with Gasteiger partial charge in [-0.3, -0.25) is 0 Å². The molecule has 0 aliphatic rings. The van der Waals surface area contributed by atoms with Crippen molar-refractivity contribution in [3.8, 4) is 11.8 Å². The SMILES string of the molecule is CS(=O)(=O)c1cccc(OCc2cc(F)cc(C#N)c2)c1. The number of ether oxygens (including phenoxy) is 1. The van der Waals surface area contributed by atoms with Gasteiger partial charge in [-0.05, 0) is 42.0 Å². The lowest BCUT2D eigenvalue weighted by Crippen LogP contribution is -2.00. The molecule has 0 aromatic heterocycles. The average molecular weight is 305 g/mol. The standard InChI is InChI=1S/C15H12FNO3S/c1-21(18,19)15-4-2-3-14(8-15)20-10-12-5-11(9-17)6-13(16)7-12/h2-8H,10H2,1H3. The zero-order valence-corrected chi connectivity index (χ0v) is 12.0. The van der Waals surface area contributed by atoms with Crippen molar-refractivity contribution in [1.29, 1.82) is 5.26 Å². The van der Waals surface area contributed by atoms with Crippen molar-refractivity contribution in [2.75, 3.05) is 6.26 Å². The fourth-order valence-electron chi connectivity index (χ4n) is 1.76. The normalized spacial score (nSPS) is 10.9. The molecule has 0 aliphatic heterocycles. The molecule has 0 bridgehead atoms. The van der Waals surface area contributed by atoms with E-state index in [0.29, 0.717) is 11.3 Å². The van der Waals surface area contributed by atoms with Crippen molar-refractivity contribution < 1.29 is 17.5 Å². The summed E-state index contributed by atoms with van der Waals surface area (Å²) in [5.41, 5.74) is 0.704. The summed E-state index contributed by atoms with van der Waals surface area (Å²) in [5, 5.41) is 8.77. The van der Waals surface area contributed by atoms with Crippen LogP contribution in [0.4, 0.5) is 4.39 Å². The summed E-state index contributed by atoms with van der Waals surface area (Å²) >= 11 is 0. The molecule has 0 aliphatic carbocycles. The van der Waals surface area contributed by atoms with Gasteiger partial charge in [-0.15, -0.1) is 0 Å². The summed E-state index contributed by atoms with van der Waals surface area (Å²) in [6.07, 6.45) is 1.11. The highest BCUT2D eigenvalue weighted by molar-refractivity contribution is 7.90. The highest BCUT2D eigenvalue weighted by Gasteiger charge is 2.08. The molecule has 4 nitrogen and oxygen atoms in total. The summed E-state index contributed by atoms with van der Waals surface area (Å²) in [6, 6.07) is 11.8. The minimum atomic E-state index is -3.31. The Morgan fingerprint density at radius 1 is 1.24 bits per heavy atom. The zero-order chi connectivity index (χ0) is 15.5. The first kappa shape index (κ1) is 15.0. The van der Waals surface area contributed by atoms with Crippen LogP contribution in [0.2, 0.25) is 0 Å². The van der Waals surface area contributed by atoms with Crippen LogP contribution < -0.4 is 4.74 Å². The van der Waals surface area contributed by atoms with E-state index in [4.69, 9.17) is 10.00 Å². The van der Waals surface area contributed by atoms with Crippen LogP contribution in [0.1, 0.15) is 11.1 Å². The van der Waals surface area contributed by atoms with E-state index in [1.807, 2.05) is 6.07 Å². The number of rotatable bonds is 4. The number of nitriles is 1. The molecule has 2 rings (SSSR count). The quantitative estimate of drug-likeness (QED) is 0.871. The monoisotopic (exact) mass is 305 g/mol. The van der Waals surface area contributed by atoms with Crippen LogP contribution in [-0.4, -0.2) is 14.7 Å². The molecule has 0 N–H and O–H groups in total. The summed E-state index contributed by atoms with van der Waals surface area (Å²) < 4.78 is 41.6. The van der Waals surface area contributed by atoms with Crippen molar-refractivity contribution in [3.05, 3.63) is 59.4 Å². The second-order valence-electron chi connectivity index (χ2n) is 4.50. The Morgan fingerprint density at radius 3 is 2.67 bits per heavy atom. The lowest BCUT2D eigenvalue weighted by atomic mass is 10.1. The molecule has 2 aromatic rings. The van der Waals surface area contributed by atoms with Gasteiger partial charge in [0.2, 0.25) is 0 Å². The molecular formula is C15H12FNO3S. The van der Waals surface area contributed by atoms with Gasteiger partial charge < -0.3 is 4.74 Å². The van der Waals surface area contributed by atoms with Crippen LogP contribution in [-0.2, 0) is 16.4 Å². The maximum atomic E-state index is 13.3. The second kappa shape index (κ2) is 5.94. The molecule has 6 heteroatoms. The molecule has 108 valence electrons. The van der Waals surface area contributed by atoms with Gasteiger partial charge in [-0.25, -0.2) is 12.8 Å². The molecule has 2 aromatic carbocycles. The maximum Gasteiger partial charge on any atom is 0.175 e. The molecule has 0 saturated carbocycles. The van der Waals surface area contributed by atoms with Crippen LogP contribution in [0, 0.1) is 17.1 Å². The van der Waals surface area contributed by atoms with E-state index in [0.717, 1.165) is 12.3 Å². The Balaban J connectivity index is 2.17. The van der Waals surface area contributed by atoms with E-state index >= 15 is 0 Å². The van der Waals surface area contributed by atoms with E-state index in [-0.39, 0.29) is 17.1 Å². The molecule has 0 radical (unpaired) electrons. The molecule has 0 heterocycles. The van der Waals surface area contributed by atoms with Gasteiger partial charge in [0.1, 0.15) is 18.2 Å². The van der Waals surface area contributed by atoms with Crippen molar-refractivity contribution in [2.24, 2.45) is 0 Å². The van der Waals surface area contributed by atoms with E-state index in [1.165, 1.54) is 24.3 Å². The van der Waals surface area contributed by atoms with Crippen LogP contribution >= 0.6 is 0 Å². The predicted octanol–water partition coefficient (Wildman–Crippen LogP) is 2.68. The van der Waals surface area contributed by atoms with Crippen LogP contribution in [0.3, 0.4) is 0 Å². The number of halogens is 1. The zero-order valence-electron chi connectivity index (χ0n) is 11.2. The van der Waals surface area contributed by atoms with Gasteiger partial charge in [0.25, 0.3) is 0 Å². The topological polar surface area (TPSA) is 67.2 Å². The van der Waals surface area contributed by atoms with E-state index in [2.05, 4.69) is 0 Å². The molecular weight excluding hydrogens is 293 g/mol. The largest absolute Gasteiger partial charge is 0.489 e. The van der Waals surface area contributed by atoms with Crippen molar-refractivity contribution in [2.45, 2.75) is 11.5 Å². The Labute approximate surface area is 122 Å². The van der Waals surface area contributed by atoms with E-state index in [9.17, 15) is 12.8 Å². The number of nitrogens with zero attached hydrogens (tertiary/aromatic N) is 1.